The zero-order chi connectivity index (χ0) is 23.0. The molecule has 0 spiro atoms. The fraction of sp³-hybridized carbons (Fsp3) is 0.0435. The zero-order valence-corrected chi connectivity index (χ0v) is 17.4. The number of benzene rings is 3. The molecule has 0 fully saturated rings. The molecule has 0 bridgehead atoms. The van der Waals surface area contributed by atoms with E-state index >= 15 is 0 Å². The third kappa shape index (κ3) is 3.61. The quantitative estimate of drug-likeness (QED) is 0.331. The Morgan fingerprint density at radius 2 is 1.66 bits per heavy atom. The summed E-state index contributed by atoms with van der Waals surface area (Å²) < 4.78 is 14.5. The van der Waals surface area contributed by atoms with Crippen LogP contribution >= 0.6 is 11.6 Å². The first-order valence-electron chi connectivity index (χ1n) is 9.44. The van der Waals surface area contributed by atoms with E-state index < -0.39 is 22.6 Å². The Labute approximate surface area is 186 Å². The molecule has 1 heterocycles. The molecular weight excluding hydrogens is 437 g/mol. The van der Waals surface area contributed by atoms with Crippen LogP contribution in [0.5, 0.6) is 0 Å². The minimum absolute atomic E-state index is 0.0347. The van der Waals surface area contributed by atoms with Crippen LogP contribution in [0.15, 0.2) is 72.4 Å². The van der Waals surface area contributed by atoms with Gasteiger partial charge in [-0.2, -0.15) is 0 Å². The molecular formula is C23H15ClFN3O4. The molecule has 7 nitrogen and oxygen atoms in total. The number of anilines is 2. The smallest absolute Gasteiger partial charge is 0.282 e. The number of nitro benzene ring substituents is 1. The van der Waals surface area contributed by atoms with Crippen LogP contribution in [-0.4, -0.2) is 16.7 Å². The average molecular weight is 452 g/mol. The standard InChI is InChI=1S/C23H15ClFN3O4/c1-13-16(24)5-4-7-18(13)26-21-20(14-9-11-15(12-10-14)28(31)32)22(29)27(23(21)30)19-8-3-2-6-17(19)25/h2-12,26H,1H3. The van der Waals surface area contributed by atoms with Crippen LogP contribution in [0.4, 0.5) is 21.5 Å². The second-order valence-corrected chi connectivity index (χ2v) is 7.40. The monoisotopic (exact) mass is 451 g/mol. The second kappa shape index (κ2) is 8.24. The van der Waals surface area contributed by atoms with Crippen LogP contribution in [-0.2, 0) is 9.59 Å². The number of nitrogens with zero attached hydrogens (tertiary/aromatic N) is 2. The van der Waals surface area contributed by atoms with Gasteiger partial charge in [-0.3, -0.25) is 19.7 Å². The number of rotatable bonds is 5. The summed E-state index contributed by atoms with van der Waals surface area (Å²) in [5, 5.41) is 14.4. The van der Waals surface area contributed by atoms with Crippen molar-refractivity contribution >= 4 is 46.1 Å². The molecule has 160 valence electrons. The summed E-state index contributed by atoms with van der Waals surface area (Å²) in [5.41, 5.74) is 0.927. The number of hydrogen-bond donors (Lipinski definition) is 1. The van der Waals surface area contributed by atoms with E-state index in [1.54, 1.807) is 25.1 Å². The van der Waals surface area contributed by atoms with Gasteiger partial charge in [0.25, 0.3) is 17.5 Å². The highest BCUT2D eigenvalue weighted by atomic mass is 35.5. The summed E-state index contributed by atoms with van der Waals surface area (Å²) in [6.07, 6.45) is 0. The van der Waals surface area contributed by atoms with Crippen molar-refractivity contribution in [2.24, 2.45) is 0 Å². The number of amides is 2. The molecule has 4 rings (SSSR count). The minimum atomic E-state index is -0.757. The molecule has 3 aromatic carbocycles. The SMILES string of the molecule is Cc1c(Cl)cccc1NC1=C(c2ccc([N+](=O)[O-])cc2)C(=O)N(c2ccccc2F)C1=O. The molecule has 0 saturated heterocycles. The number of hydrogen-bond acceptors (Lipinski definition) is 5. The predicted molar refractivity (Wildman–Crippen MR) is 119 cm³/mol. The highest BCUT2D eigenvalue weighted by Crippen LogP contribution is 2.36. The van der Waals surface area contributed by atoms with Crippen molar-refractivity contribution < 1.29 is 18.9 Å². The van der Waals surface area contributed by atoms with Crippen LogP contribution in [0.1, 0.15) is 11.1 Å². The molecule has 2 amide bonds. The lowest BCUT2D eigenvalue weighted by atomic mass is 10.0. The van der Waals surface area contributed by atoms with E-state index in [0.717, 1.165) is 11.0 Å². The first-order chi connectivity index (χ1) is 15.3. The van der Waals surface area contributed by atoms with Gasteiger partial charge in [0.1, 0.15) is 11.5 Å². The van der Waals surface area contributed by atoms with Gasteiger partial charge in [-0.1, -0.05) is 29.8 Å². The Bertz CT molecular complexity index is 1300. The molecule has 9 heteroatoms. The molecule has 0 saturated carbocycles. The third-order valence-electron chi connectivity index (χ3n) is 5.07. The molecule has 0 radical (unpaired) electrons. The average Bonchev–Trinajstić information content (AvgIpc) is 3.01. The maximum atomic E-state index is 14.5. The lowest BCUT2D eigenvalue weighted by Crippen LogP contribution is -2.33. The summed E-state index contributed by atoms with van der Waals surface area (Å²) in [7, 11) is 0. The molecule has 0 unspecified atom stereocenters. The van der Waals surface area contributed by atoms with Crippen LogP contribution in [0, 0.1) is 22.9 Å². The number of carbonyl (C=O) groups is 2. The van der Waals surface area contributed by atoms with Gasteiger partial charge >= 0.3 is 0 Å². The van der Waals surface area contributed by atoms with Gasteiger partial charge in [0.2, 0.25) is 0 Å². The van der Waals surface area contributed by atoms with E-state index in [0.29, 0.717) is 16.3 Å². The third-order valence-corrected chi connectivity index (χ3v) is 5.48. The lowest BCUT2D eigenvalue weighted by Gasteiger charge is -2.16. The molecule has 0 aliphatic carbocycles. The van der Waals surface area contributed by atoms with Gasteiger partial charge < -0.3 is 5.32 Å². The van der Waals surface area contributed by atoms with E-state index in [-0.39, 0.29) is 28.2 Å². The number of non-ortho nitro benzene ring substituents is 1. The van der Waals surface area contributed by atoms with Gasteiger partial charge in [0, 0.05) is 22.8 Å². The maximum absolute atomic E-state index is 14.5. The van der Waals surface area contributed by atoms with Crippen molar-refractivity contribution in [1.29, 1.82) is 0 Å². The van der Waals surface area contributed by atoms with E-state index in [2.05, 4.69) is 5.32 Å². The summed E-state index contributed by atoms with van der Waals surface area (Å²) >= 11 is 6.18. The lowest BCUT2D eigenvalue weighted by molar-refractivity contribution is -0.384. The van der Waals surface area contributed by atoms with Crippen molar-refractivity contribution in [3.05, 3.63) is 105 Å². The van der Waals surface area contributed by atoms with Crippen LogP contribution < -0.4 is 10.2 Å². The highest BCUT2D eigenvalue weighted by molar-refractivity contribution is 6.46. The number of nitro groups is 1. The van der Waals surface area contributed by atoms with E-state index in [1.165, 1.54) is 42.5 Å². The number of nitrogens with one attached hydrogen (secondary N) is 1. The van der Waals surface area contributed by atoms with Crippen molar-refractivity contribution in [2.45, 2.75) is 6.92 Å². The Kier molecular flexibility index (Phi) is 5.46. The van der Waals surface area contributed by atoms with Gasteiger partial charge in [-0.25, -0.2) is 9.29 Å². The van der Waals surface area contributed by atoms with E-state index in [4.69, 9.17) is 11.6 Å². The number of para-hydroxylation sites is 1. The topological polar surface area (TPSA) is 92.6 Å². The first kappa shape index (κ1) is 21.2. The maximum Gasteiger partial charge on any atom is 0.282 e. The van der Waals surface area contributed by atoms with Crippen molar-refractivity contribution in [3.63, 3.8) is 0 Å². The molecule has 1 aliphatic heterocycles. The highest BCUT2D eigenvalue weighted by Gasteiger charge is 2.41. The number of imide groups is 1. The van der Waals surface area contributed by atoms with Crippen LogP contribution in [0.25, 0.3) is 5.57 Å². The first-order valence-corrected chi connectivity index (χ1v) is 9.82. The number of carbonyl (C=O) groups excluding carboxylic acids is 2. The zero-order valence-electron chi connectivity index (χ0n) is 16.6. The molecule has 0 aromatic heterocycles. The van der Waals surface area contributed by atoms with Crippen molar-refractivity contribution in [2.75, 3.05) is 10.2 Å². The van der Waals surface area contributed by atoms with Crippen molar-refractivity contribution in [3.8, 4) is 0 Å². The normalized spacial score (nSPS) is 13.7. The van der Waals surface area contributed by atoms with Crippen LogP contribution in [0.2, 0.25) is 5.02 Å². The molecule has 1 N–H and O–H groups in total. The number of halogens is 2. The molecule has 1 aliphatic rings. The Hall–Kier alpha value is -4.04. The Morgan fingerprint density at radius 3 is 2.31 bits per heavy atom. The van der Waals surface area contributed by atoms with Gasteiger partial charge in [-0.05, 0) is 54.4 Å². The molecule has 32 heavy (non-hydrogen) atoms. The summed E-state index contributed by atoms with van der Waals surface area (Å²) in [6, 6.07) is 15.7. The fourth-order valence-electron chi connectivity index (χ4n) is 3.39. The van der Waals surface area contributed by atoms with Crippen molar-refractivity contribution in [1.82, 2.24) is 0 Å². The molecule has 3 aromatic rings. The molecule has 0 atom stereocenters. The largest absolute Gasteiger partial charge is 0.350 e. The van der Waals surface area contributed by atoms with Crippen LogP contribution in [0.3, 0.4) is 0 Å². The fourth-order valence-corrected chi connectivity index (χ4v) is 3.57. The Morgan fingerprint density at radius 1 is 0.969 bits per heavy atom. The summed E-state index contributed by atoms with van der Waals surface area (Å²) in [6.45, 7) is 1.74. The van der Waals surface area contributed by atoms with E-state index in [1.807, 2.05) is 0 Å². The van der Waals surface area contributed by atoms with Gasteiger partial charge in [-0.15, -0.1) is 0 Å². The Balaban J connectivity index is 1.86. The van der Waals surface area contributed by atoms with Gasteiger partial charge in [0.05, 0.1) is 16.2 Å². The minimum Gasteiger partial charge on any atom is -0.350 e. The summed E-state index contributed by atoms with van der Waals surface area (Å²) in [5.74, 6) is -2.25. The summed E-state index contributed by atoms with van der Waals surface area (Å²) in [4.78, 5) is 37.8. The van der Waals surface area contributed by atoms with Gasteiger partial charge in [0.15, 0.2) is 0 Å². The predicted octanol–water partition coefficient (Wildman–Crippen LogP) is 5.09. The van der Waals surface area contributed by atoms with E-state index in [9.17, 15) is 24.1 Å². The second-order valence-electron chi connectivity index (χ2n) is 6.99.